The first kappa shape index (κ1) is 18.7. The maximum Gasteiger partial charge on any atom is 0.180 e. The Morgan fingerprint density at radius 1 is 1.20 bits per heavy atom. The van der Waals surface area contributed by atoms with Crippen molar-refractivity contribution in [2.75, 3.05) is 18.1 Å². The molecule has 1 N–H and O–H groups in total. The number of hydrogen-bond donors (Lipinski definition) is 1. The number of halogens is 2. The van der Waals surface area contributed by atoms with Crippen LogP contribution in [0.4, 0.5) is 14.6 Å². The van der Waals surface area contributed by atoms with Crippen molar-refractivity contribution in [3.05, 3.63) is 53.9 Å². The highest BCUT2D eigenvalue weighted by atomic mass is 19.1. The third-order valence-corrected chi connectivity index (χ3v) is 5.37. The van der Waals surface area contributed by atoms with Crippen molar-refractivity contribution in [1.82, 2.24) is 19.9 Å². The van der Waals surface area contributed by atoms with Crippen molar-refractivity contribution in [2.45, 2.75) is 32.5 Å². The van der Waals surface area contributed by atoms with Gasteiger partial charge in [0.25, 0.3) is 0 Å². The second-order valence-electron chi connectivity index (χ2n) is 7.75. The number of fused-ring (bicyclic) bond motifs is 1. The van der Waals surface area contributed by atoms with Crippen LogP contribution in [-0.2, 0) is 6.54 Å². The normalized spacial score (nSPS) is 21.1. The predicted octanol–water partition coefficient (Wildman–Crippen LogP) is 3.14. The number of nitrogens with zero attached hydrogens (tertiary/aromatic N) is 4. The summed E-state index contributed by atoms with van der Waals surface area (Å²) in [4.78, 5) is 6.77. The molecule has 2 aliphatic rings. The molecule has 0 fully saturated rings. The van der Waals surface area contributed by atoms with Gasteiger partial charge in [-0.1, -0.05) is 6.58 Å². The van der Waals surface area contributed by atoms with Gasteiger partial charge in [-0.3, -0.25) is 0 Å². The zero-order valence-electron chi connectivity index (χ0n) is 16.7. The second kappa shape index (κ2) is 6.86. The van der Waals surface area contributed by atoms with Gasteiger partial charge in [0.2, 0.25) is 0 Å². The summed E-state index contributed by atoms with van der Waals surface area (Å²) in [6.45, 7) is 8.77. The van der Waals surface area contributed by atoms with Crippen LogP contribution in [0.15, 0.2) is 31.1 Å². The fourth-order valence-corrected chi connectivity index (χ4v) is 3.85. The number of hydrogen-bond acceptors (Lipinski definition) is 6. The standard InChI is InChI=1S/C21H21F2N5O2/c1-11-9-30-19-14(4-15(22)5-17(19)23)7-27-12(2)10-29-18-8-28-20(26-21(18)27)16(6-24-28)13(3)25-11/h4-6,8,11-12,25H,3,7,9-10H2,1-2H3/t11-,12-/m1/s1. The zero-order valence-corrected chi connectivity index (χ0v) is 16.7. The summed E-state index contributed by atoms with van der Waals surface area (Å²) in [6.07, 6.45) is 3.45. The molecule has 0 saturated carbocycles. The Kier molecular flexibility index (Phi) is 4.27. The molecule has 9 heteroatoms. The Bertz CT molecular complexity index is 1160. The maximum atomic E-state index is 14.6. The number of nitrogens with one attached hydrogen (secondary N) is 1. The molecule has 4 heterocycles. The Labute approximate surface area is 171 Å². The molecular formula is C21H21F2N5O2. The first-order chi connectivity index (χ1) is 14.4. The smallest absolute Gasteiger partial charge is 0.180 e. The quantitative estimate of drug-likeness (QED) is 0.611. The molecule has 0 aliphatic carbocycles. The van der Waals surface area contributed by atoms with E-state index in [4.69, 9.17) is 14.5 Å². The van der Waals surface area contributed by atoms with E-state index in [1.165, 1.54) is 6.07 Å². The van der Waals surface area contributed by atoms with Crippen LogP contribution < -0.4 is 19.7 Å². The van der Waals surface area contributed by atoms with Crippen LogP contribution >= 0.6 is 0 Å². The summed E-state index contributed by atoms with van der Waals surface area (Å²) in [5, 5.41) is 7.61. The lowest BCUT2D eigenvalue weighted by Gasteiger charge is -2.36. The van der Waals surface area contributed by atoms with Gasteiger partial charge in [-0.05, 0) is 19.9 Å². The summed E-state index contributed by atoms with van der Waals surface area (Å²) >= 11 is 0. The number of anilines is 1. The third-order valence-electron chi connectivity index (χ3n) is 5.37. The number of rotatable bonds is 0. The van der Waals surface area contributed by atoms with Crippen molar-refractivity contribution >= 4 is 17.2 Å². The molecule has 7 nitrogen and oxygen atoms in total. The van der Waals surface area contributed by atoms with E-state index in [0.29, 0.717) is 35.1 Å². The summed E-state index contributed by atoms with van der Waals surface area (Å²) in [5.74, 6) is -0.206. The van der Waals surface area contributed by atoms with Crippen molar-refractivity contribution in [3.8, 4) is 11.5 Å². The largest absolute Gasteiger partial charge is 0.488 e. The van der Waals surface area contributed by atoms with E-state index < -0.39 is 11.6 Å². The molecule has 0 unspecified atom stereocenters. The first-order valence-corrected chi connectivity index (χ1v) is 9.75. The number of aromatic nitrogens is 3. The van der Waals surface area contributed by atoms with Gasteiger partial charge in [-0.25, -0.2) is 18.3 Å². The highest BCUT2D eigenvalue weighted by Gasteiger charge is 2.30. The number of ether oxygens (including phenoxy) is 2. The highest BCUT2D eigenvalue weighted by molar-refractivity contribution is 5.75. The maximum absolute atomic E-state index is 14.6. The number of benzene rings is 1. The van der Waals surface area contributed by atoms with Crippen LogP contribution in [0, 0.1) is 11.6 Å². The van der Waals surface area contributed by atoms with Gasteiger partial charge in [-0.15, -0.1) is 0 Å². The fourth-order valence-electron chi connectivity index (χ4n) is 3.85. The van der Waals surface area contributed by atoms with Gasteiger partial charge in [0.1, 0.15) is 19.0 Å². The lowest BCUT2D eigenvalue weighted by atomic mass is 10.1. The molecule has 2 aliphatic heterocycles. The SMILES string of the molecule is C=C1N[C@H](C)COc2c(F)cc(F)cc2CN2c3nc4c1cnn4cc3OC[C@H]2C. The van der Waals surface area contributed by atoms with Gasteiger partial charge in [0, 0.05) is 23.9 Å². The zero-order chi connectivity index (χ0) is 21.0. The van der Waals surface area contributed by atoms with Crippen LogP contribution in [-0.4, -0.2) is 39.9 Å². The van der Waals surface area contributed by atoms with Crippen molar-refractivity contribution in [1.29, 1.82) is 0 Å². The Hall–Kier alpha value is -3.36. The van der Waals surface area contributed by atoms with Crippen LogP contribution in [0.1, 0.15) is 25.0 Å². The highest BCUT2D eigenvalue weighted by Crippen LogP contribution is 2.36. The molecule has 2 bridgehead atoms. The van der Waals surface area contributed by atoms with Crippen LogP contribution in [0.25, 0.3) is 11.3 Å². The molecule has 0 radical (unpaired) electrons. The van der Waals surface area contributed by atoms with Gasteiger partial charge in [0.05, 0.1) is 30.0 Å². The van der Waals surface area contributed by atoms with Crippen molar-refractivity contribution in [3.63, 3.8) is 0 Å². The molecule has 2 atom stereocenters. The lowest BCUT2D eigenvalue weighted by Crippen LogP contribution is -2.41. The van der Waals surface area contributed by atoms with E-state index in [1.807, 2.05) is 18.7 Å². The molecular weight excluding hydrogens is 392 g/mol. The Morgan fingerprint density at radius 3 is 2.87 bits per heavy atom. The molecule has 5 rings (SSSR count). The van der Waals surface area contributed by atoms with Gasteiger partial charge in [0.15, 0.2) is 28.8 Å². The van der Waals surface area contributed by atoms with Crippen LogP contribution in [0.5, 0.6) is 11.5 Å². The van der Waals surface area contributed by atoms with E-state index in [2.05, 4.69) is 17.0 Å². The summed E-state index contributed by atoms with van der Waals surface area (Å²) in [6, 6.07) is 1.89. The van der Waals surface area contributed by atoms with E-state index in [1.54, 1.807) is 16.9 Å². The minimum atomic E-state index is -0.730. The summed E-state index contributed by atoms with van der Waals surface area (Å²) < 4.78 is 42.0. The Morgan fingerprint density at radius 2 is 2.03 bits per heavy atom. The summed E-state index contributed by atoms with van der Waals surface area (Å²) in [7, 11) is 0. The Balaban J connectivity index is 1.72. The minimum absolute atomic E-state index is 0.0410. The third kappa shape index (κ3) is 3.01. The monoisotopic (exact) mass is 413 g/mol. The molecule has 30 heavy (non-hydrogen) atoms. The van der Waals surface area contributed by atoms with E-state index in [0.717, 1.165) is 11.6 Å². The minimum Gasteiger partial charge on any atom is -0.488 e. The van der Waals surface area contributed by atoms with E-state index in [9.17, 15) is 8.78 Å². The molecule has 156 valence electrons. The average Bonchev–Trinajstić information content (AvgIpc) is 3.10. The van der Waals surface area contributed by atoms with Crippen molar-refractivity contribution in [2.24, 2.45) is 0 Å². The topological polar surface area (TPSA) is 63.9 Å². The molecule has 3 aromatic rings. The van der Waals surface area contributed by atoms with Gasteiger partial charge in [-0.2, -0.15) is 5.10 Å². The van der Waals surface area contributed by atoms with Gasteiger partial charge < -0.3 is 19.7 Å². The molecule has 0 amide bonds. The van der Waals surface area contributed by atoms with Crippen LogP contribution in [0.2, 0.25) is 0 Å². The molecule has 1 aromatic carbocycles. The average molecular weight is 413 g/mol. The van der Waals surface area contributed by atoms with E-state index >= 15 is 0 Å². The fraction of sp³-hybridized carbons (Fsp3) is 0.333. The molecule has 0 saturated heterocycles. The lowest BCUT2D eigenvalue weighted by molar-refractivity contribution is 0.258. The molecule has 0 spiro atoms. The molecule has 2 aromatic heterocycles. The van der Waals surface area contributed by atoms with Gasteiger partial charge >= 0.3 is 0 Å². The van der Waals surface area contributed by atoms with Crippen molar-refractivity contribution < 1.29 is 18.3 Å². The summed E-state index contributed by atoms with van der Waals surface area (Å²) in [5.41, 5.74) is 2.40. The first-order valence-electron chi connectivity index (χ1n) is 9.75. The van der Waals surface area contributed by atoms with Crippen LogP contribution in [0.3, 0.4) is 0 Å². The van der Waals surface area contributed by atoms with E-state index in [-0.39, 0.29) is 31.0 Å². The predicted molar refractivity (Wildman–Crippen MR) is 108 cm³/mol. The second-order valence-corrected chi connectivity index (χ2v) is 7.75.